The summed E-state index contributed by atoms with van der Waals surface area (Å²) in [5, 5.41) is 8.83. The lowest BCUT2D eigenvalue weighted by Gasteiger charge is -2.07. The van der Waals surface area contributed by atoms with E-state index >= 15 is 0 Å². The lowest BCUT2D eigenvalue weighted by Crippen LogP contribution is -2.19. The van der Waals surface area contributed by atoms with Crippen LogP contribution in [0.4, 0.5) is 4.39 Å². The second kappa shape index (κ2) is 4.83. The minimum absolute atomic E-state index is 0.00428. The van der Waals surface area contributed by atoms with Crippen molar-refractivity contribution in [3.63, 3.8) is 0 Å². The average molecular weight is 247 g/mol. The van der Waals surface area contributed by atoms with Crippen LogP contribution < -0.4 is 5.56 Å². The Morgan fingerprint density at radius 2 is 2.06 bits per heavy atom. The van der Waals surface area contributed by atoms with Crippen LogP contribution in [-0.2, 0) is 6.54 Å². The van der Waals surface area contributed by atoms with Crippen molar-refractivity contribution in [2.24, 2.45) is 0 Å². The molecule has 0 bridgehead atoms. The third kappa shape index (κ3) is 2.45. The molecule has 0 aliphatic rings. The van der Waals surface area contributed by atoms with Gasteiger partial charge in [-0.05, 0) is 24.3 Å². The Labute approximate surface area is 102 Å². The van der Waals surface area contributed by atoms with Gasteiger partial charge in [-0.15, -0.1) is 0 Å². The topological polar surface area (TPSA) is 59.3 Å². The lowest BCUT2D eigenvalue weighted by atomic mass is 10.1. The number of hydrogen-bond donors (Lipinski definition) is 1. The fourth-order valence-electron chi connectivity index (χ4n) is 1.60. The molecular formula is C13H10FNO3. The minimum Gasteiger partial charge on any atom is -0.478 e. The summed E-state index contributed by atoms with van der Waals surface area (Å²) >= 11 is 0. The number of carboxylic acid groups (broad SMARTS) is 1. The zero-order valence-corrected chi connectivity index (χ0v) is 9.34. The quantitative estimate of drug-likeness (QED) is 0.898. The Morgan fingerprint density at radius 1 is 1.28 bits per heavy atom. The number of carboxylic acids is 1. The second-order valence-electron chi connectivity index (χ2n) is 3.78. The van der Waals surface area contributed by atoms with Gasteiger partial charge in [-0.1, -0.05) is 6.07 Å². The zero-order chi connectivity index (χ0) is 13.1. The summed E-state index contributed by atoms with van der Waals surface area (Å²) in [5.74, 6) is -1.66. The number of benzene rings is 1. The molecule has 0 saturated heterocycles. The zero-order valence-electron chi connectivity index (χ0n) is 9.34. The first-order valence-corrected chi connectivity index (χ1v) is 5.25. The molecule has 1 N–H and O–H groups in total. The molecule has 0 aliphatic carbocycles. The second-order valence-corrected chi connectivity index (χ2v) is 3.78. The fourth-order valence-corrected chi connectivity index (χ4v) is 1.60. The Bertz CT molecular complexity index is 649. The van der Waals surface area contributed by atoms with E-state index < -0.39 is 11.8 Å². The average Bonchev–Trinajstić information content (AvgIpc) is 2.34. The van der Waals surface area contributed by atoms with Gasteiger partial charge in [0.1, 0.15) is 5.82 Å². The Kier molecular flexibility index (Phi) is 3.23. The van der Waals surface area contributed by atoms with Crippen molar-refractivity contribution in [3.8, 4) is 0 Å². The fraction of sp³-hybridized carbons (Fsp3) is 0.0769. The molecule has 18 heavy (non-hydrogen) atoms. The van der Waals surface area contributed by atoms with Gasteiger partial charge >= 0.3 is 5.97 Å². The van der Waals surface area contributed by atoms with Crippen LogP contribution in [0.1, 0.15) is 15.9 Å². The summed E-state index contributed by atoms with van der Waals surface area (Å²) in [6.07, 6.45) is 1.52. The molecule has 2 aromatic rings. The van der Waals surface area contributed by atoms with Crippen molar-refractivity contribution in [1.29, 1.82) is 0 Å². The van der Waals surface area contributed by atoms with E-state index in [1.54, 1.807) is 12.1 Å². The highest BCUT2D eigenvalue weighted by molar-refractivity contribution is 5.87. The molecular weight excluding hydrogens is 237 g/mol. The van der Waals surface area contributed by atoms with Gasteiger partial charge in [0.2, 0.25) is 0 Å². The van der Waals surface area contributed by atoms with Crippen LogP contribution in [0.5, 0.6) is 0 Å². The Balaban J connectivity index is 2.40. The van der Waals surface area contributed by atoms with Crippen LogP contribution in [0.25, 0.3) is 0 Å². The maximum atomic E-state index is 13.5. The van der Waals surface area contributed by atoms with E-state index in [0.29, 0.717) is 0 Å². The first kappa shape index (κ1) is 12.0. The van der Waals surface area contributed by atoms with Gasteiger partial charge in [-0.3, -0.25) is 4.79 Å². The van der Waals surface area contributed by atoms with Gasteiger partial charge in [-0.2, -0.15) is 0 Å². The SMILES string of the molecule is O=C(O)c1ccc(F)c(Cn2ccccc2=O)c1. The first-order valence-electron chi connectivity index (χ1n) is 5.25. The van der Waals surface area contributed by atoms with Gasteiger partial charge < -0.3 is 9.67 Å². The van der Waals surface area contributed by atoms with Crippen molar-refractivity contribution in [1.82, 2.24) is 4.57 Å². The maximum absolute atomic E-state index is 13.5. The highest BCUT2D eigenvalue weighted by Gasteiger charge is 2.09. The molecule has 1 aromatic heterocycles. The number of nitrogens with zero attached hydrogens (tertiary/aromatic N) is 1. The number of carbonyl (C=O) groups is 1. The highest BCUT2D eigenvalue weighted by Crippen LogP contribution is 2.11. The molecule has 0 amide bonds. The van der Waals surface area contributed by atoms with Crippen molar-refractivity contribution >= 4 is 5.97 Å². The highest BCUT2D eigenvalue weighted by atomic mass is 19.1. The molecule has 92 valence electrons. The predicted molar refractivity (Wildman–Crippen MR) is 63.2 cm³/mol. The van der Waals surface area contributed by atoms with Crippen LogP contribution in [0.3, 0.4) is 0 Å². The molecule has 1 aromatic carbocycles. The molecule has 0 aliphatic heterocycles. The molecule has 5 heteroatoms. The first-order chi connectivity index (χ1) is 8.58. The van der Waals surface area contributed by atoms with Gasteiger partial charge in [-0.25, -0.2) is 9.18 Å². The van der Waals surface area contributed by atoms with Gasteiger partial charge in [0.25, 0.3) is 5.56 Å². The van der Waals surface area contributed by atoms with Crippen molar-refractivity contribution in [2.45, 2.75) is 6.54 Å². The predicted octanol–water partition coefficient (Wildman–Crippen LogP) is 1.73. The van der Waals surface area contributed by atoms with Crippen LogP contribution >= 0.6 is 0 Å². The number of aromatic nitrogens is 1. The summed E-state index contributed by atoms with van der Waals surface area (Å²) in [7, 11) is 0. The number of pyridine rings is 1. The molecule has 1 heterocycles. The monoisotopic (exact) mass is 247 g/mol. The minimum atomic E-state index is -1.13. The Morgan fingerprint density at radius 3 is 2.72 bits per heavy atom. The summed E-state index contributed by atoms with van der Waals surface area (Å²) in [6.45, 7) is 0.00657. The number of hydrogen-bond acceptors (Lipinski definition) is 2. The summed E-state index contributed by atoms with van der Waals surface area (Å²) in [6, 6.07) is 8.11. The molecule has 2 rings (SSSR count). The molecule has 0 fully saturated rings. The van der Waals surface area contributed by atoms with Crippen molar-refractivity contribution in [3.05, 3.63) is 69.9 Å². The van der Waals surface area contributed by atoms with Crippen LogP contribution in [0.15, 0.2) is 47.4 Å². The van der Waals surface area contributed by atoms with E-state index in [0.717, 1.165) is 6.07 Å². The summed E-state index contributed by atoms with van der Waals surface area (Å²) in [4.78, 5) is 22.3. The summed E-state index contributed by atoms with van der Waals surface area (Å²) < 4.78 is 14.9. The van der Waals surface area contributed by atoms with Crippen LogP contribution in [-0.4, -0.2) is 15.6 Å². The smallest absolute Gasteiger partial charge is 0.335 e. The van der Waals surface area contributed by atoms with Crippen LogP contribution in [0, 0.1) is 5.82 Å². The van der Waals surface area contributed by atoms with Crippen molar-refractivity contribution < 1.29 is 14.3 Å². The maximum Gasteiger partial charge on any atom is 0.335 e. The Hall–Kier alpha value is -2.43. The molecule has 0 spiro atoms. The van der Waals surface area contributed by atoms with Gasteiger partial charge in [0, 0.05) is 17.8 Å². The summed E-state index contributed by atoms with van der Waals surface area (Å²) in [5.41, 5.74) is -0.101. The van der Waals surface area contributed by atoms with E-state index in [1.807, 2.05) is 0 Å². The molecule has 0 atom stereocenters. The van der Waals surface area contributed by atoms with E-state index in [2.05, 4.69) is 0 Å². The molecule has 4 nitrogen and oxygen atoms in total. The normalized spacial score (nSPS) is 10.3. The van der Waals surface area contributed by atoms with E-state index in [-0.39, 0.29) is 23.2 Å². The van der Waals surface area contributed by atoms with Gasteiger partial charge in [0.15, 0.2) is 0 Å². The lowest BCUT2D eigenvalue weighted by molar-refractivity contribution is 0.0696. The van der Waals surface area contributed by atoms with E-state index in [1.165, 1.54) is 29.0 Å². The largest absolute Gasteiger partial charge is 0.478 e. The van der Waals surface area contributed by atoms with Gasteiger partial charge in [0.05, 0.1) is 12.1 Å². The third-order valence-electron chi connectivity index (χ3n) is 2.53. The molecule has 0 unspecified atom stereocenters. The third-order valence-corrected chi connectivity index (χ3v) is 2.53. The number of rotatable bonds is 3. The number of aromatic carboxylic acids is 1. The molecule has 0 saturated carbocycles. The standard InChI is InChI=1S/C13H10FNO3/c14-11-5-4-9(13(17)18)7-10(11)8-15-6-2-1-3-12(15)16/h1-7H,8H2,(H,17,18). The molecule has 0 radical (unpaired) electrons. The van der Waals surface area contributed by atoms with E-state index in [4.69, 9.17) is 5.11 Å². The van der Waals surface area contributed by atoms with Crippen molar-refractivity contribution in [2.75, 3.05) is 0 Å². The van der Waals surface area contributed by atoms with Crippen LogP contribution in [0.2, 0.25) is 0 Å². The van der Waals surface area contributed by atoms with E-state index in [9.17, 15) is 14.0 Å². The number of halogens is 1.